The van der Waals surface area contributed by atoms with E-state index >= 15 is 0 Å². The monoisotopic (exact) mass is 340 g/mol. The summed E-state index contributed by atoms with van der Waals surface area (Å²) in [5.74, 6) is 1.27. The smallest absolute Gasteiger partial charge is 0.300 e. The molecule has 0 spiro atoms. The van der Waals surface area contributed by atoms with Crippen LogP contribution in [-0.2, 0) is 7.05 Å². The molecule has 1 aromatic carbocycles. The summed E-state index contributed by atoms with van der Waals surface area (Å²) in [6.07, 6.45) is 9.10. The van der Waals surface area contributed by atoms with Crippen LogP contribution in [0.5, 0.6) is 0 Å². The maximum absolute atomic E-state index is 12.7. The maximum Gasteiger partial charge on any atom is 0.350 e. The molecule has 4 rings (SSSR count). The lowest BCUT2D eigenvalue weighted by atomic mass is 9.90. The van der Waals surface area contributed by atoms with Gasteiger partial charge in [0.2, 0.25) is 0 Å². The molecule has 2 fully saturated rings. The average Bonchev–Trinajstić information content (AvgIpc) is 2.98. The van der Waals surface area contributed by atoms with Gasteiger partial charge in [-0.05, 0) is 44.4 Å². The molecule has 5 heteroatoms. The van der Waals surface area contributed by atoms with Crippen LogP contribution in [0, 0.1) is 0 Å². The normalized spacial score (nSPS) is 23.0. The largest absolute Gasteiger partial charge is 0.350 e. The average molecular weight is 340 g/mol. The van der Waals surface area contributed by atoms with E-state index in [0.717, 1.165) is 30.5 Å². The van der Waals surface area contributed by atoms with E-state index in [2.05, 4.69) is 10.00 Å². The van der Waals surface area contributed by atoms with Gasteiger partial charge in [0.1, 0.15) is 5.82 Å². The van der Waals surface area contributed by atoms with E-state index in [1.807, 2.05) is 34.9 Å². The first-order chi connectivity index (χ1) is 12.2. The second-order valence-electron chi connectivity index (χ2n) is 7.56. The molecule has 0 unspecified atom stereocenters. The van der Waals surface area contributed by atoms with Crippen molar-refractivity contribution in [3.05, 3.63) is 46.6 Å². The molecule has 2 aliphatic rings. The van der Waals surface area contributed by atoms with E-state index in [1.165, 1.54) is 49.8 Å². The van der Waals surface area contributed by atoms with Gasteiger partial charge in [-0.15, -0.1) is 0 Å². The standard InChI is InChI=1S/C20H28N4O/c1-22-20(25)24(18-12-6-3-7-13-18)19(21-22)16-9-8-14-23(15-16)17-10-4-2-5-11-17/h3,6-7,12-13,16-17H,2,4-5,8-11,14-15H2,1H3/t16-/m0/s1. The van der Waals surface area contributed by atoms with Gasteiger partial charge in [0.05, 0.1) is 5.69 Å². The number of nitrogens with zero attached hydrogens (tertiary/aromatic N) is 4. The molecule has 0 radical (unpaired) electrons. The van der Waals surface area contributed by atoms with Crippen LogP contribution in [0.3, 0.4) is 0 Å². The Balaban J connectivity index is 1.63. The number of para-hydroxylation sites is 1. The molecule has 2 aromatic rings. The highest BCUT2D eigenvalue weighted by atomic mass is 16.2. The van der Waals surface area contributed by atoms with Gasteiger partial charge < -0.3 is 0 Å². The summed E-state index contributed by atoms with van der Waals surface area (Å²) in [4.78, 5) is 15.3. The first-order valence-electron chi connectivity index (χ1n) is 9.69. The van der Waals surface area contributed by atoms with E-state index < -0.39 is 0 Å². The lowest BCUT2D eigenvalue weighted by molar-refractivity contribution is 0.116. The highest BCUT2D eigenvalue weighted by molar-refractivity contribution is 5.33. The van der Waals surface area contributed by atoms with Gasteiger partial charge in [-0.1, -0.05) is 37.5 Å². The van der Waals surface area contributed by atoms with E-state index in [-0.39, 0.29) is 5.69 Å². The highest BCUT2D eigenvalue weighted by Gasteiger charge is 2.31. The molecule has 1 aliphatic heterocycles. The van der Waals surface area contributed by atoms with Crippen LogP contribution >= 0.6 is 0 Å². The van der Waals surface area contributed by atoms with E-state index in [9.17, 15) is 4.79 Å². The Morgan fingerprint density at radius 1 is 1.00 bits per heavy atom. The lowest BCUT2D eigenvalue weighted by Gasteiger charge is -2.39. The van der Waals surface area contributed by atoms with Gasteiger partial charge >= 0.3 is 5.69 Å². The number of hydrogen-bond donors (Lipinski definition) is 0. The maximum atomic E-state index is 12.7. The third-order valence-corrected chi connectivity index (χ3v) is 5.87. The number of rotatable bonds is 3. The van der Waals surface area contributed by atoms with Gasteiger partial charge in [0.25, 0.3) is 0 Å². The lowest BCUT2D eigenvalue weighted by Crippen LogP contribution is -2.43. The fourth-order valence-corrected chi connectivity index (χ4v) is 4.56. The van der Waals surface area contributed by atoms with Gasteiger partial charge in [-0.25, -0.2) is 14.0 Å². The number of aromatic nitrogens is 3. The van der Waals surface area contributed by atoms with Crippen LogP contribution in [-0.4, -0.2) is 38.4 Å². The van der Waals surface area contributed by atoms with Crippen LogP contribution < -0.4 is 5.69 Å². The highest BCUT2D eigenvalue weighted by Crippen LogP contribution is 2.31. The zero-order valence-corrected chi connectivity index (χ0v) is 15.1. The summed E-state index contributed by atoms with van der Waals surface area (Å²) in [7, 11) is 1.76. The number of aryl methyl sites for hydroxylation is 1. The minimum atomic E-state index is -0.0454. The zero-order valence-electron chi connectivity index (χ0n) is 15.1. The van der Waals surface area contributed by atoms with E-state index in [4.69, 9.17) is 0 Å². The zero-order chi connectivity index (χ0) is 17.2. The van der Waals surface area contributed by atoms with Crippen molar-refractivity contribution >= 4 is 0 Å². The number of benzene rings is 1. The van der Waals surface area contributed by atoms with E-state index in [1.54, 1.807) is 7.05 Å². The van der Waals surface area contributed by atoms with Gasteiger partial charge in [0, 0.05) is 25.6 Å². The molecule has 1 saturated carbocycles. The first-order valence-corrected chi connectivity index (χ1v) is 9.69. The molecule has 25 heavy (non-hydrogen) atoms. The predicted molar refractivity (Wildman–Crippen MR) is 99.2 cm³/mol. The Labute approximate surface area is 149 Å². The van der Waals surface area contributed by atoms with Crippen molar-refractivity contribution in [3.8, 4) is 5.69 Å². The molecule has 1 saturated heterocycles. The van der Waals surface area contributed by atoms with Crippen LogP contribution in [0.15, 0.2) is 35.1 Å². The fraction of sp³-hybridized carbons (Fsp3) is 0.600. The number of hydrogen-bond acceptors (Lipinski definition) is 3. The molecule has 2 heterocycles. The van der Waals surface area contributed by atoms with Gasteiger partial charge in [-0.2, -0.15) is 5.10 Å². The van der Waals surface area contributed by atoms with Crippen molar-refractivity contribution < 1.29 is 0 Å². The molecule has 134 valence electrons. The number of likely N-dealkylation sites (tertiary alicyclic amines) is 1. The minimum Gasteiger partial charge on any atom is -0.300 e. The van der Waals surface area contributed by atoms with Crippen molar-refractivity contribution in [3.63, 3.8) is 0 Å². The molecular weight excluding hydrogens is 312 g/mol. The van der Waals surface area contributed by atoms with Crippen molar-refractivity contribution in [2.45, 2.75) is 56.9 Å². The van der Waals surface area contributed by atoms with Crippen molar-refractivity contribution in [2.75, 3.05) is 13.1 Å². The Morgan fingerprint density at radius 3 is 2.52 bits per heavy atom. The topological polar surface area (TPSA) is 43.1 Å². The van der Waals surface area contributed by atoms with Crippen LogP contribution in [0.25, 0.3) is 5.69 Å². The summed E-state index contributed by atoms with van der Waals surface area (Å²) >= 11 is 0. The van der Waals surface area contributed by atoms with Crippen LogP contribution in [0.4, 0.5) is 0 Å². The third-order valence-electron chi connectivity index (χ3n) is 5.87. The Kier molecular flexibility index (Phi) is 4.75. The Bertz CT molecular complexity index is 758. The van der Waals surface area contributed by atoms with Gasteiger partial charge in [0.15, 0.2) is 0 Å². The third kappa shape index (κ3) is 3.30. The van der Waals surface area contributed by atoms with Crippen LogP contribution in [0.1, 0.15) is 56.7 Å². The second kappa shape index (κ2) is 7.16. The minimum absolute atomic E-state index is 0.0454. The Hall–Kier alpha value is -1.88. The van der Waals surface area contributed by atoms with Crippen molar-refractivity contribution in [1.82, 2.24) is 19.2 Å². The summed E-state index contributed by atoms with van der Waals surface area (Å²) in [6, 6.07) is 10.7. The van der Waals surface area contributed by atoms with E-state index in [0.29, 0.717) is 5.92 Å². The molecule has 1 aromatic heterocycles. The predicted octanol–water partition coefficient (Wildman–Crippen LogP) is 3.08. The quantitative estimate of drug-likeness (QED) is 0.862. The first kappa shape index (κ1) is 16.6. The molecule has 0 amide bonds. The molecular formula is C20H28N4O. The van der Waals surface area contributed by atoms with Crippen molar-refractivity contribution in [1.29, 1.82) is 0 Å². The molecule has 1 aliphatic carbocycles. The summed E-state index contributed by atoms with van der Waals surface area (Å²) in [6.45, 7) is 2.23. The fourth-order valence-electron chi connectivity index (χ4n) is 4.56. The second-order valence-corrected chi connectivity index (χ2v) is 7.56. The van der Waals surface area contributed by atoms with Gasteiger partial charge in [-0.3, -0.25) is 4.90 Å². The van der Waals surface area contributed by atoms with Crippen LogP contribution in [0.2, 0.25) is 0 Å². The number of piperidine rings is 1. The summed E-state index contributed by atoms with van der Waals surface area (Å²) in [5, 5.41) is 4.63. The molecule has 0 bridgehead atoms. The Morgan fingerprint density at radius 2 is 1.76 bits per heavy atom. The SMILES string of the molecule is Cn1nc([C@H]2CCCN(C3CCCCC3)C2)n(-c2ccccc2)c1=O. The molecule has 1 atom stereocenters. The molecule has 5 nitrogen and oxygen atoms in total. The van der Waals surface area contributed by atoms with Crippen molar-refractivity contribution in [2.24, 2.45) is 7.05 Å². The summed E-state index contributed by atoms with van der Waals surface area (Å²) in [5.41, 5.74) is 0.876. The molecule has 0 N–H and O–H groups in total. The summed E-state index contributed by atoms with van der Waals surface area (Å²) < 4.78 is 3.30.